The quantitative estimate of drug-likeness (QED) is 0.231. The van der Waals surface area contributed by atoms with Gasteiger partial charge in [-0.1, -0.05) is 44.7 Å². The van der Waals surface area contributed by atoms with Crippen LogP contribution in [0.15, 0.2) is 38.5 Å². The summed E-state index contributed by atoms with van der Waals surface area (Å²) in [5, 5.41) is 4.13. The molecule has 1 aromatic heterocycles. The van der Waals surface area contributed by atoms with Gasteiger partial charge in [-0.05, 0) is 80.1 Å². The van der Waals surface area contributed by atoms with Gasteiger partial charge in [0.15, 0.2) is 10.2 Å². The Kier molecular flexibility index (Phi) is 11.7. The number of carbonyl (C=O) groups is 1. The Bertz CT molecular complexity index is 1080. The Balaban J connectivity index is 1.95. The van der Waals surface area contributed by atoms with Crippen LogP contribution < -0.4 is 16.0 Å². The van der Waals surface area contributed by atoms with E-state index in [-0.39, 0.29) is 10.3 Å². The molecule has 1 aromatic carbocycles. The van der Waals surface area contributed by atoms with Crippen LogP contribution in [0.3, 0.4) is 0 Å². The average molecular weight is 553 g/mol. The molecule has 2 rings (SSSR count). The van der Waals surface area contributed by atoms with Gasteiger partial charge in [-0.2, -0.15) is 5.10 Å². The van der Waals surface area contributed by atoms with E-state index in [4.69, 9.17) is 9.47 Å². The summed E-state index contributed by atoms with van der Waals surface area (Å²) in [4.78, 5) is 37.4. The van der Waals surface area contributed by atoms with Crippen LogP contribution in [-0.4, -0.2) is 32.5 Å². The number of hydrogen-bond donors (Lipinski definition) is 0. The van der Waals surface area contributed by atoms with Gasteiger partial charge in [0.1, 0.15) is 5.75 Å². The Hall–Kier alpha value is -2.42. The Morgan fingerprint density at radius 3 is 2.46 bits per heavy atom. The molecule has 0 radical (unpaired) electrons. The summed E-state index contributed by atoms with van der Waals surface area (Å²) in [5.41, 5.74) is -0.783. The van der Waals surface area contributed by atoms with Crippen molar-refractivity contribution in [2.75, 3.05) is 6.61 Å². The average Bonchev–Trinajstić information content (AvgIpc) is 2.81. The summed E-state index contributed by atoms with van der Waals surface area (Å²) in [6, 6.07) is 7.59. The number of rotatable bonds is 15. The van der Waals surface area contributed by atoms with E-state index in [1.54, 1.807) is 20.8 Å². The molecule has 35 heavy (non-hydrogen) atoms. The second-order valence-corrected chi connectivity index (χ2v) is 9.86. The first kappa shape index (κ1) is 28.8. The van der Waals surface area contributed by atoms with Gasteiger partial charge in [-0.15, -0.1) is 0 Å². The van der Waals surface area contributed by atoms with Gasteiger partial charge in [0, 0.05) is 13.1 Å². The van der Waals surface area contributed by atoms with Crippen molar-refractivity contribution in [1.82, 2.24) is 14.3 Å². The minimum atomic E-state index is -1.08. The van der Waals surface area contributed by atoms with Crippen molar-refractivity contribution in [3.8, 4) is 5.75 Å². The van der Waals surface area contributed by atoms with Crippen molar-refractivity contribution in [1.29, 1.82) is 0 Å². The highest BCUT2D eigenvalue weighted by Gasteiger charge is 2.31. The van der Waals surface area contributed by atoms with Crippen molar-refractivity contribution in [2.45, 2.75) is 97.8 Å². The van der Waals surface area contributed by atoms with Crippen molar-refractivity contribution in [2.24, 2.45) is 0 Å². The molecule has 0 N–H and O–H groups in total. The normalized spacial score (nSPS) is 11.5. The minimum Gasteiger partial charge on any atom is -0.476 e. The molecule has 0 saturated heterocycles. The van der Waals surface area contributed by atoms with Gasteiger partial charge in [0.05, 0.1) is 6.61 Å². The Labute approximate surface area is 215 Å². The summed E-state index contributed by atoms with van der Waals surface area (Å²) in [6.07, 6.45) is 7.60. The molecular formula is C26H38BrN3O5. The number of carbonyl (C=O) groups excluding carboxylic acids is 1. The number of aromatic nitrogens is 3. The van der Waals surface area contributed by atoms with Crippen LogP contribution in [0.1, 0.15) is 78.2 Å². The van der Waals surface area contributed by atoms with Crippen LogP contribution in [0.2, 0.25) is 0 Å². The van der Waals surface area contributed by atoms with E-state index in [9.17, 15) is 14.4 Å². The Morgan fingerprint density at radius 1 is 1.03 bits per heavy atom. The lowest BCUT2D eigenvalue weighted by molar-refractivity contribution is -0.158. The lowest BCUT2D eigenvalue weighted by Gasteiger charge is -2.24. The number of nitrogens with zero attached hydrogens (tertiary/aromatic N) is 3. The van der Waals surface area contributed by atoms with Crippen molar-refractivity contribution in [3.05, 3.63) is 55.3 Å². The van der Waals surface area contributed by atoms with Gasteiger partial charge in [-0.3, -0.25) is 9.36 Å². The largest absolute Gasteiger partial charge is 0.476 e. The number of aryl methyl sites for hydroxylation is 2. The molecule has 0 aliphatic rings. The van der Waals surface area contributed by atoms with E-state index in [1.807, 2.05) is 24.3 Å². The number of ether oxygens (including phenoxy) is 2. The predicted octanol–water partition coefficient (Wildman–Crippen LogP) is 4.88. The number of halogens is 1. The molecule has 0 aliphatic heterocycles. The maximum Gasteiger partial charge on any atom is 0.349 e. The molecule has 0 fully saturated rings. The molecule has 0 atom stereocenters. The predicted molar refractivity (Wildman–Crippen MR) is 140 cm³/mol. The smallest absolute Gasteiger partial charge is 0.349 e. The minimum absolute atomic E-state index is 0.166. The molecule has 2 aromatic rings. The number of benzene rings is 1. The molecule has 1 heterocycles. The molecule has 0 unspecified atom stereocenters. The van der Waals surface area contributed by atoms with E-state index in [2.05, 4.69) is 28.0 Å². The third kappa shape index (κ3) is 8.94. The highest BCUT2D eigenvalue weighted by atomic mass is 79.9. The van der Waals surface area contributed by atoms with Gasteiger partial charge in [0.25, 0.3) is 5.56 Å². The van der Waals surface area contributed by atoms with Crippen LogP contribution in [0.4, 0.5) is 0 Å². The fourth-order valence-corrected chi connectivity index (χ4v) is 4.15. The molecule has 9 heteroatoms. The van der Waals surface area contributed by atoms with Crippen LogP contribution in [0.25, 0.3) is 0 Å². The van der Waals surface area contributed by atoms with Crippen LogP contribution in [-0.2, 0) is 29.0 Å². The lowest BCUT2D eigenvalue weighted by Crippen LogP contribution is -2.42. The van der Waals surface area contributed by atoms with E-state index < -0.39 is 17.1 Å². The topological polar surface area (TPSA) is 92.4 Å². The summed E-state index contributed by atoms with van der Waals surface area (Å²) < 4.78 is 13.8. The molecule has 0 bridgehead atoms. The van der Waals surface area contributed by atoms with Crippen LogP contribution >= 0.6 is 15.9 Å². The first-order valence-electron chi connectivity index (χ1n) is 12.5. The third-order valence-electron chi connectivity index (χ3n) is 5.69. The molecule has 0 spiro atoms. The molecule has 8 nitrogen and oxygen atoms in total. The SMILES string of the molecule is CCCCCCCn1nc(Br)c(=O)n(CCCCc2cccc(OC(C)(C)C(=O)OCC)c2)c1=O. The van der Waals surface area contributed by atoms with Crippen molar-refractivity contribution < 1.29 is 14.3 Å². The van der Waals surface area contributed by atoms with Gasteiger partial charge in [0.2, 0.25) is 0 Å². The fourth-order valence-electron chi connectivity index (χ4n) is 3.74. The van der Waals surface area contributed by atoms with Crippen LogP contribution in [0.5, 0.6) is 5.75 Å². The first-order chi connectivity index (χ1) is 16.7. The zero-order valence-corrected chi connectivity index (χ0v) is 22.9. The number of esters is 1. The standard InChI is InChI=1S/C26H38BrN3O5/c1-5-7-8-9-11-18-30-25(33)29(23(31)22(27)28-30)17-12-10-14-20-15-13-16-21(19-20)35-26(3,4)24(32)34-6-2/h13,15-16,19H,5-12,14,17-18H2,1-4H3. The lowest BCUT2D eigenvalue weighted by atomic mass is 10.1. The summed E-state index contributed by atoms with van der Waals surface area (Å²) in [7, 11) is 0. The summed E-state index contributed by atoms with van der Waals surface area (Å²) in [5.74, 6) is 0.183. The maximum absolute atomic E-state index is 12.8. The molecule has 0 aliphatic carbocycles. The first-order valence-corrected chi connectivity index (χ1v) is 13.3. The van der Waals surface area contributed by atoms with E-state index in [0.717, 1.165) is 44.1 Å². The molecule has 0 saturated carbocycles. The highest BCUT2D eigenvalue weighted by molar-refractivity contribution is 9.10. The van der Waals surface area contributed by atoms with Crippen molar-refractivity contribution in [3.63, 3.8) is 0 Å². The van der Waals surface area contributed by atoms with E-state index in [0.29, 0.717) is 31.9 Å². The fraction of sp³-hybridized carbons (Fsp3) is 0.615. The monoisotopic (exact) mass is 551 g/mol. The number of unbranched alkanes of at least 4 members (excludes halogenated alkanes) is 5. The van der Waals surface area contributed by atoms with Gasteiger partial charge < -0.3 is 9.47 Å². The zero-order valence-electron chi connectivity index (χ0n) is 21.3. The number of hydrogen-bond acceptors (Lipinski definition) is 6. The van der Waals surface area contributed by atoms with E-state index >= 15 is 0 Å². The zero-order chi connectivity index (χ0) is 25.8. The van der Waals surface area contributed by atoms with Crippen LogP contribution in [0, 0.1) is 0 Å². The van der Waals surface area contributed by atoms with Gasteiger partial charge >= 0.3 is 11.7 Å². The molecule has 194 valence electrons. The third-order valence-corrected chi connectivity index (χ3v) is 6.19. The van der Waals surface area contributed by atoms with Gasteiger partial charge in [-0.25, -0.2) is 14.3 Å². The molecular weight excluding hydrogens is 514 g/mol. The molecule has 0 amide bonds. The summed E-state index contributed by atoms with van der Waals surface area (Å²) >= 11 is 3.21. The highest BCUT2D eigenvalue weighted by Crippen LogP contribution is 2.22. The second-order valence-electron chi connectivity index (χ2n) is 9.10. The Morgan fingerprint density at radius 2 is 1.74 bits per heavy atom. The maximum atomic E-state index is 12.8. The summed E-state index contributed by atoms with van der Waals surface area (Å²) in [6.45, 7) is 8.43. The van der Waals surface area contributed by atoms with Crippen molar-refractivity contribution >= 4 is 21.9 Å². The second kappa shape index (κ2) is 14.2. The van der Waals surface area contributed by atoms with E-state index in [1.165, 1.54) is 15.7 Å².